The van der Waals surface area contributed by atoms with Crippen molar-refractivity contribution in [1.82, 2.24) is 4.98 Å². The number of rotatable bonds is 1. The largest absolute Gasteiger partial charge is 0.307 e. The van der Waals surface area contributed by atoms with Crippen LogP contribution in [0.15, 0.2) is 97.3 Å². The van der Waals surface area contributed by atoms with Crippen molar-refractivity contribution < 1.29 is 0 Å². The van der Waals surface area contributed by atoms with Crippen LogP contribution in [0.3, 0.4) is 0 Å². The van der Waals surface area contributed by atoms with Crippen molar-refractivity contribution in [2.45, 2.75) is 19.3 Å². The molecule has 0 saturated carbocycles. The van der Waals surface area contributed by atoms with Gasteiger partial charge in [-0.2, -0.15) is 0 Å². The zero-order valence-corrected chi connectivity index (χ0v) is 18.1. The smallest absolute Gasteiger partial charge is 0.0645 e. The average Bonchev–Trinajstić information content (AvgIpc) is 3.07. The van der Waals surface area contributed by atoms with E-state index in [2.05, 4.69) is 103 Å². The lowest BCUT2D eigenvalue weighted by Crippen LogP contribution is -2.18. The monoisotopic (exact) mass is 410 g/mol. The van der Waals surface area contributed by atoms with Crippen LogP contribution in [0.1, 0.15) is 25.0 Å². The predicted octanol–water partition coefficient (Wildman–Crippen LogP) is 7.99. The first-order valence-electron chi connectivity index (χ1n) is 11.2. The van der Waals surface area contributed by atoms with Gasteiger partial charge in [-0.05, 0) is 45.8 Å². The Morgan fingerprint density at radius 2 is 1.50 bits per heavy atom. The maximum absolute atomic E-state index is 4.48. The second-order valence-electron chi connectivity index (χ2n) is 9.28. The summed E-state index contributed by atoms with van der Waals surface area (Å²) in [5.74, 6) is 0. The molecule has 2 nitrogen and oxygen atoms in total. The molecule has 2 heterocycles. The van der Waals surface area contributed by atoms with E-state index < -0.39 is 0 Å². The van der Waals surface area contributed by atoms with Gasteiger partial charge >= 0.3 is 0 Å². The minimum Gasteiger partial charge on any atom is -0.307 e. The number of fused-ring (bicyclic) bond motifs is 6. The zero-order chi connectivity index (χ0) is 21.4. The summed E-state index contributed by atoms with van der Waals surface area (Å²) in [5.41, 5.74) is 11.6. The normalized spacial score (nSPS) is 14.8. The van der Waals surface area contributed by atoms with Crippen LogP contribution in [0.2, 0.25) is 0 Å². The van der Waals surface area contributed by atoms with Gasteiger partial charge in [-0.3, -0.25) is 4.98 Å². The molecule has 2 aliphatic rings. The Balaban J connectivity index is 1.69. The second kappa shape index (κ2) is 6.08. The van der Waals surface area contributed by atoms with Crippen LogP contribution in [0.25, 0.3) is 33.0 Å². The van der Waals surface area contributed by atoms with Gasteiger partial charge in [0, 0.05) is 28.1 Å². The molecule has 0 amide bonds. The van der Waals surface area contributed by atoms with E-state index in [1.54, 1.807) is 0 Å². The molecule has 0 atom stereocenters. The molecule has 1 aromatic heterocycles. The molecular formula is C30H22N2. The number of hydrogen-bond donors (Lipinski definition) is 0. The van der Waals surface area contributed by atoms with Crippen molar-refractivity contribution in [1.29, 1.82) is 0 Å². The number of anilines is 3. The summed E-state index contributed by atoms with van der Waals surface area (Å²) in [7, 11) is 0. The molecule has 0 unspecified atom stereocenters. The molecule has 1 aliphatic heterocycles. The van der Waals surface area contributed by atoms with Crippen LogP contribution >= 0.6 is 0 Å². The Kier molecular flexibility index (Phi) is 3.37. The lowest BCUT2D eigenvalue weighted by molar-refractivity contribution is 0.660. The molecule has 152 valence electrons. The zero-order valence-electron chi connectivity index (χ0n) is 18.1. The van der Waals surface area contributed by atoms with E-state index in [0.717, 1.165) is 5.69 Å². The number of benzene rings is 4. The van der Waals surface area contributed by atoms with E-state index in [4.69, 9.17) is 0 Å². The molecule has 7 rings (SSSR count). The van der Waals surface area contributed by atoms with Crippen LogP contribution < -0.4 is 4.90 Å². The molecule has 0 N–H and O–H groups in total. The second-order valence-corrected chi connectivity index (χ2v) is 9.28. The Morgan fingerprint density at radius 1 is 0.688 bits per heavy atom. The van der Waals surface area contributed by atoms with Gasteiger partial charge in [0.25, 0.3) is 0 Å². The highest BCUT2D eigenvalue weighted by Gasteiger charge is 2.40. The maximum atomic E-state index is 4.48. The third-order valence-corrected chi connectivity index (χ3v) is 7.26. The number of aromatic nitrogens is 1. The van der Waals surface area contributed by atoms with Crippen molar-refractivity contribution in [3.8, 4) is 22.3 Å². The standard InChI is InChI=1S/C30H22N2/c1-30(2)24-13-4-3-11-23(24)28-25(30)16-15-22-21-12-5-8-19-9-6-14-26(27(19)21)32(29(22)28)20-10-7-17-31-18-20/h3-18H,1-2H3. The van der Waals surface area contributed by atoms with Crippen LogP contribution in [-0.2, 0) is 5.41 Å². The fourth-order valence-corrected chi connectivity index (χ4v) is 5.83. The van der Waals surface area contributed by atoms with Gasteiger partial charge < -0.3 is 4.90 Å². The van der Waals surface area contributed by atoms with E-state index in [1.165, 1.54) is 55.5 Å². The molecule has 32 heavy (non-hydrogen) atoms. The summed E-state index contributed by atoms with van der Waals surface area (Å²) < 4.78 is 0. The van der Waals surface area contributed by atoms with Crippen molar-refractivity contribution in [3.63, 3.8) is 0 Å². The Morgan fingerprint density at radius 3 is 2.34 bits per heavy atom. The molecule has 2 heteroatoms. The Labute approximate surface area is 187 Å². The first-order valence-corrected chi connectivity index (χ1v) is 11.2. The van der Waals surface area contributed by atoms with E-state index in [1.807, 2.05) is 18.5 Å². The van der Waals surface area contributed by atoms with E-state index in [-0.39, 0.29) is 5.41 Å². The van der Waals surface area contributed by atoms with Crippen molar-refractivity contribution in [3.05, 3.63) is 108 Å². The molecule has 0 bridgehead atoms. The highest BCUT2D eigenvalue weighted by Crippen LogP contribution is 2.59. The summed E-state index contributed by atoms with van der Waals surface area (Å²) in [6.07, 6.45) is 3.82. The average molecular weight is 411 g/mol. The molecular weight excluding hydrogens is 388 g/mol. The molecule has 0 saturated heterocycles. The highest BCUT2D eigenvalue weighted by molar-refractivity contribution is 6.16. The molecule has 0 spiro atoms. The molecule has 0 fully saturated rings. The van der Waals surface area contributed by atoms with Crippen LogP contribution in [0.4, 0.5) is 17.1 Å². The van der Waals surface area contributed by atoms with Gasteiger partial charge in [-0.1, -0.05) is 80.6 Å². The van der Waals surface area contributed by atoms with Crippen molar-refractivity contribution in [2.75, 3.05) is 4.90 Å². The summed E-state index contributed by atoms with van der Waals surface area (Å²) >= 11 is 0. The van der Waals surface area contributed by atoms with Gasteiger partial charge in [0.1, 0.15) is 0 Å². The summed E-state index contributed by atoms with van der Waals surface area (Å²) in [6, 6.07) is 31.0. The topological polar surface area (TPSA) is 16.1 Å². The molecule has 0 radical (unpaired) electrons. The fourth-order valence-electron chi connectivity index (χ4n) is 5.83. The van der Waals surface area contributed by atoms with Gasteiger partial charge in [0.15, 0.2) is 0 Å². The van der Waals surface area contributed by atoms with E-state index in [0.29, 0.717) is 0 Å². The van der Waals surface area contributed by atoms with E-state index in [9.17, 15) is 0 Å². The Hall–Kier alpha value is -3.91. The fraction of sp³-hybridized carbons (Fsp3) is 0.100. The third-order valence-electron chi connectivity index (χ3n) is 7.26. The molecule has 5 aromatic rings. The first kappa shape index (κ1) is 17.7. The van der Waals surface area contributed by atoms with Gasteiger partial charge in [0.05, 0.1) is 23.3 Å². The first-order chi connectivity index (χ1) is 15.7. The maximum Gasteiger partial charge on any atom is 0.0645 e. The van der Waals surface area contributed by atoms with Crippen LogP contribution in [0, 0.1) is 0 Å². The Bertz CT molecular complexity index is 1540. The lowest BCUT2D eigenvalue weighted by atomic mass is 9.81. The van der Waals surface area contributed by atoms with Crippen molar-refractivity contribution in [2.24, 2.45) is 0 Å². The highest BCUT2D eigenvalue weighted by atomic mass is 15.2. The summed E-state index contributed by atoms with van der Waals surface area (Å²) in [4.78, 5) is 6.90. The van der Waals surface area contributed by atoms with Crippen molar-refractivity contribution >= 4 is 27.8 Å². The molecule has 1 aliphatic carbocycles. The van der Waals surface area contributed by atoms with Gasteiger partial charge in [0.2, 0.25) is 0 Å². The minimum atomic E-state index is -0.0372. The molecule has 4 aromatic carbocycles. The number of pyridine rings is 1. The van der Waals surface area contributed by atoms with Crippen LogP contribution in [0.5, 0.6) is 0 Å². The minimum absolute atomic E-state index is 0.0372. The third kappa shape index (κ3) is 2.12. The van der Waals surface area contributed by atoms with E-state index >= 15 is 0 Å². The summed E-state index contributed by atoms with van der Waals surface area (Å²) in [6.45, 7) is 4.69. The van der Waals surface area contributed by atoms with Crippen LogP contribution in [-0.4, -0.2) is 4.98 Å². The summed E-state index contributed by atoms with van der Waals surface area (Å²) in [5, 5.41) is 2.57. The SMILES string of the molecule is CC1(C)c2ccccc2-c2c1ccc1c2N(c2cccnc2)c2cccc3cccc-1c23. The number of nitrogens with zero attached hydrogens (tertiary/aromatic N) is 2. The number of hydrogen-bond acceptors (Lipinski definition) is 2. The van der Waals surface area contributed by atoms with Gasteiger partial charge in [-0.25, -0.2) is 0 Å². The van der Waals surface area contributed by atoms with Gasteiger partial charge in [-0.15, -0.1) is 0 Å². The predicted molar refractivity (Wildman–Crippen MR) is 133 cm³/mol. The quantitative estimate of drug-likeness (QED) is 0.273. The lowest BCUT2D eigenvalue weighted by Gasteiger charge is -2.35.